The van der Waals surface area contributed by atoms with E-state index in [1.54, 1.807) is 14.2 Å². The van der Waals surface area contributed by atoms with E-state index in [1.807, 2.05) is 31.3 Å². The van der Waals surface area contributed by atoms with Crippen LogP contribution in [-0.2, 0) is 6.42 Å². The summed E-state index contributed by atoms with van der Waals surface area (Å²) in [6, 6.07) is 16.4. The number of hydrogen-bond acceptors (Lipinski definition) is 4. The van der Waals surface area contributed by atoms with Crippen LogP contribution in [0.15, 0.2) is 53.5 Å². The predicted octanol–water partition coefficient (Wildman–Crippen LogP) is 3.26. The first-order valence-corrected chi connectivity index (χ1v) is 9.71. The minimum atomic E-state index is 0. The summed E-state index contributed by atoms with van der Waals surface area (Å²) < 4.78 is 10.7. The molecule has 2 aromatic rings. The number of rotatable bonds is 6. The zero-order valence-corrected chi connectivity index (χ0v) is 19.8. The molecule has 0 spiro atoms. The minimum absolute atomic E-state index is 0. The molecular weight excluding hydrogens is 479 g/mol. The first kappa shape index (κ1) is 23.1. The van der Waals surface area contributed by atoms with E-state index in [1.165, 1.54) is 5.56 Å². The number of benzene rings is 2. The van der Waals surface area contributed by atoms with Crippen LogP contribution in [0.5, 0.6) is 11.5 Å². The van der Waals surface area contributed by atoms with Gasteiger partial charge in [-0.05, 0) is 36.2 Å². The van der Waals surface area contributed by atoms with Crippen molar-refractivity contribution >= 4 is 35.6 Å². The van der Waals surface area contributed by atoms with E-state index in [4.69, 9.17) is 9.47 Å². The highest BCUT2D eigenvalue weighted by Gasteiger charge is 2.21. The first-order chi connectivity index (χ1) is 13.7. The molecule has 1 aliphatic rings. The topological polar surface area (TPSA) is 49.3 Å². The van der Waals surface area contributed by atoms with Gasteiger partial charge in [0.25, 0.3) is 0 Å². The number of methoxy groups -OCH3 is 2. The van der Waals surface area contributed by atoms with E-state index in [9.17, 15) is 0 Å². The van der Waals surface area contributed by atoms with Gasteiger partial charge in [-0.1, -0.05) is 24.3 Å². The quantitative estimate of drug-likeness (QED) is 0.368. The van der Waals surface area contributed by atoms with E-state index >= 15 is 0 Å². The molecule has 0 atom stereocenters. The fraction of sp³-hybridized carbons (Fsp3) is 0.409. The number of para-hydroxylation sites is 2. The lowest BCUT2D eigenvalue weighted by atomic mass is 10.1. The Balaban J connectivity index is 0.00000300. The number of piperazine rings is 1. The largest absolute Gasteiger partial charge is 0.497 e. The molecular formula is C22H31IN4O2. The fourth-order valence-electron chi connectivity index (χ4n) is 3.49. The van der Waals surface area contributed by atoms with Gasteiger partial charge in [0.2, 0.25) is 0 Å². The Morgan fingerprint density at radius 1 is 0.966 bits per heavy atom. The van der Waals surface area contributed by atoms with Crippen molar-refractivity contribution in [2.45, 2.75) is 6.42 Å². The summed E-state index contributed by atoms with van der Waals surface area (Å²) in [5.41, 5.74) is 2.44. The molecule has 1 N–H and O–H groups in total. The van der Waals surface area contributed by atoms with Gasteiger partial charge in [0, 0.05) is 39.8 Å². The number of nitrogens with zero attached hydrogens (tertiary/aromatic N) is 3. The van der Waals surface area contributed by atoms with Crippen LogP contribution in [0.25, 0.3) is 0 Å². The molecule has 1 saturated heterocycles. The molecule has 6 nitrogen and oxygen atoms in total. The summed E-state index contributed by atoms with van der Waals surface area (Å²) in [5.74, 6) is 2.78. The average Bonchev–Trinajstić information content (AvgIpc) is 2.77. The monoisotopic (exact) mass is 510 g/mol. The molecule has 0 radical (unpaired) electrons. The fourth-order valence-corrected chi connectivity index (χ4v) is 3.49. The van der Waals surface area contributed by atoms with Crippen molar-refractivity contribution in [3.63, 3.8) is 0 Å². The molecule has 0 amide bonds. The first-order valence-electron chi connectivity index (χ1n) is 9.71. The zero-order chi connectivity index (χ0) is 19.8. The molecule has 0 saturated carbocycles. The van der Waals surface area contributed by atoms with Gasteiger partial charge < -0.3 is 24.6 Å². The third-order valence-corrected chi connectivity index (χ3v) is 5.07. The Morgan fingerprint density at radius 2 is 1.66 bits per heavy atom. The molecule has 29 heavy (non-hydrogen) atoms. The molecule has 1 aliphatic heterocycles. The van der Waals surface area contributed by atoms with Gasteiger partial charge in [0.05, 0.1) is 19.9 Å². The van der Waals surface area contributed by atoms with Gasteiger partial charge in [-0.2, -0.15) is 0 Å². The van der Waals surface area contributed by atoms with Crippen LogP contribution < -0.4 is 19.7 Å². The standard InChI is InChI=1S/C22H30N4O2.HI/c1-23-22(24-13-12-18-8-10-19(27-2)11-9-18)26-16-14-25(15-17-26)20-6-4-5-7-21(20)28-3;/h4-11H,12-17H2,1-3H3,(H,23,24);1H. The number of anilines is 1. The van der Waals surface area contributed by atoms with Crippen LogP contribution >= 0.6 is 24.0 Å². The second-order valence-corrected chi connectivity index (χ2v) is 6.72. The molecule has 7 heteroatoms. The van der Waals surface area contributed by atoms with Crippen molar-refractivity contribution < 1.29 is 9.47 Å². The summed E-state index contributed by atoms with van der Waals surface area (Å²) >= 11 is 0. The second kappa shape index (κ2) is 11.7. The average molecular weight is 510 g/mol. The normalized spacial score (nSPS) is 14.2. The van der Waals surface area contributed by atoms with E-state index < -0.39 is 0 Å². The van der Waals surface area contributed by atoms with Gasteiger partial charge in [-0.25, -0.2) is 0 Å². The van der Waals surface area contributed by atoms with E-state index in [2.05, 4.69) is 44.4 Å². The number of aliphatic imine (C=N–C) groups is 1. The van der Waals surface area contributed by atoms with Gasteiger partial charge in [0.15, 0.2) is 5.96 Å². The number of hydrogen-bond donors (Lipinski definition) is 1. The summed E-state index contributed by atoms with van der Waals surface area (Å²) in [7, 11) is 5.26. The highest BCUT2D eigenvalue weighted by atomic mass is 127. The summed E-state index contributed by atoms with van der Waals surface area (Å²) in [6.07, 6.45) is 0.949. The molecule has 0 aromatic heterocycles. The van der Waals surface area contributed by atoms with Crippen LogP contribution in [0, 0.1) is 0 Å². The maximum absolute atomic E-state index is 5.50. The summed E-state index contributed by atoms with van der Waals surface area (Å²) in [4.78, 5) is 9.16. The maximum atomic E-state index is 5.50. The van der Waals surface area contributed by atoms with Crippen LogP contribution in [0.2, 0.25) is 0 Å². The Morgan fingerprint density at radius 3 is 2.28 bits per heavy atom. The third-order valence-electron chi connectivity index (χ3n) is 5.07. The lowest BCUT2D eigenvalue weighted by Gasteiger charge is -2.38. The van der Waals surface area contributed by atoms with E-state index in [0.29, 0.717) is 0 Å². The SMILES string of the molecule is CN=C(NCCc1ccc(OC)cc1)N1CCN(c2ccccc2OC)CC1.I. The lowest BCUT2D eigenvalue weighted by molar-refractivity contribution is 0.367. The van der Waals surface area contributed by atoms with E-state index in [-0.39, 0.29) is 24.0 Å². The third kappa shape index (κ3) is 6.16. The van der Waals surface area contributed by atoms with Gasteiger partial charge in [-0.3, -0.25) is 4.99 Å². The zero-order valence-electron chi connectivity index (χ0n) is 17.4. The Labute approximate surface area is 190 Å². The molecule has 2 aromatic carbocycles. The second-order valence-electron chi connectivity index (χ2n) is 6.72. The molecule has 1 fully saturated rings. The molecule has 1 heterocycles. The van der Waals surface area contributed by atoms with Gasteiger partial charge in [-0.15, -0.1) is 24.0 Å². The summed E-state index contributed by atoms with van der Waals surface area (Å²) in [6.45, 7) is 4.60. The Hall–Kier alpha value is -2.16. The number of ether oxygens (including phenoxy) is 2. The highest BCUT2D eigenvalue weighted by molar-refractivity contribution is 14.0. The maximum Gasteiger partial charge on any atom is 0.193 e. The van der Waals surface area contributed by atoms with Crippen molar-refractivity contribution in [2.75, 3.05) is 58.9 Å². The van der Waals surface area contributed by atoms with Crippen molar-refractivity contribution in [1.82, 2.24) is 10.2 Å². The minimum Gasteiger partial charge on any atom is -0.497 e. The van der Waals surface area contributed by atoms with Crippen molar-refractivity contribution in [3.05, 3.63) is 54.1 Å². The molecule has 158 valence electrons. The number of nitrogens with one attached hydrogen (secondary N) is 1. The Bertz CT molecular complexity index is 775. The van der Waals surface area contributed by atoms with Crippen LogP contribution in [0.4, 0.5) is 5.69 Å². The molecule has 0 bridgehead atoms. The van der Waals surface area contributed by atoms with Crippen molar-refractivity contribution in [2.24, 2.45) is 4.99 Å². The van der Waals surface area contributed by atoms with Crippen LogP contribution in [-0.4, -0.2) is 64.9 Å². The smallest absolute Gasteiger partial charge is 0.193 e. The number of guanidine groups is 1. The van der Waals surface area contributed by atoms with Crippen molar-refractivity contribution in [3.8, 4) is 11.5 Å². The van der Waals surface area contributed by atoms with Crippen LogP contribution in [0.3, 0.4) is 0 Å². The molecule has 3 rings (SSSR count). The van der Waals surface area contributed by atoms with Gasteiger partial charge in [0.1, 0.15) is 11.5 Å². The lowest BCUT2D eigenvalue weighted by Crippen LogP contribution is -2.52. The summed E-state index contributed by atoms with van der Waals surface area (Å²) in [5, 5.41) is 3.49. The Kier molecular flexibility index (Phi) is 9.37. The predicted molar refractivity (Wildman–Crippen MR) is 130 cm³/mol. The van der Waals surface area contributed by atoms with E-state index in [0.717, 1.165) is 62.3 Å². The number of halogens is 1. The molecule has 0 unspecified atom stereocenters. The van der Waals surface area contributed by atoms with Crippen molar-refractivity contribution in [1.29, 1.82) is 0 Å². The highest BCUT2D eigenvalue weighted by Crippen LogP contribution is 2.28. The molecule has 0 aliphatic carbocycles. The van der Waals surface area contributed by atoms with Crippen LogP contribution in [0.1, 0.15) is 5.56 Å². The van der Waals surface area contributed by atoms with Gasteiger partial charge >= 0.3 is 0 Å².